The SMILES string of the molecule is O=C(Nc1ccc(Cl)cc1Cl)c1ccc2c(c1)CCCN2C(=O)c1ccc(F)cc1. The largest absolute Gasteiger partial charge is 0.321 e. The van der Waals surface area contributed by atoms with Gasteiger partial charge in [-0.3, -0.25) is 9.59 Å². The number of halogens is 3. The molecule has 3 aromatic carbocycles. The molecule has 152 valence electrons. The molecular weight excluding hydrogens is 426 g/mol. The molecule has 2 amide bonds. The van der Waals surface area contributed by atoms with E-state index in [1.807, 2.05) is 0 Å². The molecule has 7 heteroatoms. The van der Waals surface area contributed by atoms with Crippen LogP contribution in [0.1, 0.15) is 32.7 Å². The molecule has 0 radical (unpaired) electrons. The number of hydrogen-bond acceptors (Lipinski definition) is 2. The fourth-order valence-electron chi connectivity index (χ4n) is 3.48. The summed E-state index contributed by atoms with van der Waals surface area (Å²) < 4.78 is 13.2. The lowest BCUT2D eigenvalue weighted by molar-refractivity contribution is 0.0984. The number of benzene rings is 3. The number of anilines is 2. The lowest BCUT2D eigenvalue weighted by Crippen LogP contribution is -2.35. The minimum atomic E-state index is -0.387. The Hall–Kier alpha value is -2.89. The molecule has 0 unspecified atom stereocenters. The van der Waals surface area contributed by atoms with E-state index in [0.717, 1.165) is 24.1 Å². The van der Waals surface area contributed by atoms with Gasteiger partial charge in [0.25, 0.3) is 11.8 Å². The Kier molecular flexibility index (Phi) is 5.75. The summed E-state index contributed by atoms with van der Waals surface area (Å²) in [5.74, 6) is -0.882. The highest BCUT2D eigenvalue weighted by Crippen LogP contribution is 2.30. The fourth-order valence-corrected chi connectivity index (χ4v) is 3.94. The zero-order valence-corrected chi connectivity index (χ0v) is 17.3. The van der Waals surface area contributed by atoms with Crippen molar-refractivity contribution < 1.29 is 14.0 Å². The first-order chi connectivity index (χ1) is 14.4. The number of carbonyl (C=O) groups excluding carboxylic acids is 2. The van der Waals surface area contributed by atoms with Crippen LogP contribution in [0.5, 0.6) is 0 Å². The van der Waals surface area contributed by atoms with Crippen LogP contribution < -0.4 is 10.2 Å². The molecule has 4 rings (SSSR count). The van der Waals surface area contributed by atoms with Crippen molar-refractivity contribution in [3.8, 4) is 0 Å². The normalized spacial score (nSPS) is 13.0. The summed E-state index contributed by atoms with van der Waals surface area (Å²) in [6.45, 7) is 0.565. The van der Waals surface area contributed by atoms with Gasteiger partial charge in [0.1, 0.15) is 5.82 Å². The van der Waals surface area contributed by atoms with Gasteiger partial charge in [-0.15, -0.1) is 0 Å². The lowest BCUT2D eigenvalue weighted by atomic mass is 9.98. The number of rotatable bonds is 3. The minimum Gasteiger partial charge on any atom is -0.321 e. The summed E-state index contributed by atoms with van der Waals surface area (Å²) in [5, 5.41) is 3.62. The van der Waals surface area contributed by atoms with Gasteiger partial charge in [0.05, 0.1) is 10.7 Å². The molecule has 0 spiro atoms. The number of nitrogens with one attached hydrogen (secondary N) is 1. The lowest BCUT2D eigenvalue weighted by Gasteiger charge is -2.30. The summed E-state index contributed by atoms with van der Waals surface area (Å²) in [6, 6.07) is 15.6. The summed E-state index contributed by atoms with van der Waals surface area (Å²) >= 11 is 12.0. The molecular formula is C23H17Cl2FN2O2. The zero-order valence-electron chi connectivity index (χ0n) is 15.8. The highest BCUT2D eigenvalue weighted by Gasteiger charge is 2.24. The average Bonchev–Trinajstić information content (AvgIpc) is 2.75. The molecule has 1 N–H and O–H groups in total. The first-order valence-electron chi connectivity index (χ1n) is 9.39. The Morgan fingerprint density at radius 2 is 1.67 bits per heavy atom. The second kappa shape index (κ2) is 8.46. The van der Waals surface area contributed by atoms with Crippen molar-refractivity contribution in [2.75, 3.05) is 16.8 Å². The molecule has 3 aromatic rings. The summed E-state index contributed by atoms with van der Waals surface area (Å²) in [4.78, 5) is 27.3. The molecule has 0 aliphatic carbocycles. The first-order valence-corrected chi connectivity index (χ1v) is 10.1. The van der Waals surface area contributed by atoms with Crippen molar-refractivity contribution in [2.45, 2.75) is 12.8 Å². The van der Waals surface area contributed by atoms with Gasteiger partial charge in [0.15, 0.2) is 0 Å². The van der Waals surface area contributed by atoms with Gasteiger partial charge in [-0.05, 0) is 79.1 Å². The van der Waals surface area contributed by atoms with Gasteiger partial charge >= 0.3 is 0 Å². The second-order valence-corrected chi connectivity index (χ2v) is 7.83. The van der Waals surface area contributed by atoms with Crippen LogP contribution in [0, 0.1) is 5.82 Å². The molecule has 4 nitrogen and oxygen atoms in total. The van der Waals surface area contributed by atoms with Gasteiger partial charge in [-0.1, -0.05) is 23.2 Å². The van der Waals surface area contributed by atoms with E-state index in [4.69, 9.17) is 23.2 Å². The Balaban J connectivity index is 1.57. The zero-order chi connectivity index (χ0) is 21.3. The third kappa shape index (κ3) is 4.18. The maximum absolute atomic E-state index is 13.2. The van der Waals surface area contributed by atoms with Crippen LogP contribution in [0.4, 0.5) is 15.8 Å². The summed E-state index contributed by atoms with van der Waals surface area (Å²) in [7, 11) is 0. The van der Waals surface area contributed by atoms with Crippen LogP contribution in [0.2, 0.25) is 10.0 Å². The number of nitrogens with zero attached hydrogens (tertiary/aromatic N) is 1. The Morgan fingerprint density at radius 3 is 2.40 bits per heavy atom. The summed E-state index contributed by atoms with van der Waals surface area (Å²) in [5.41, 5.74) is 3.03. The van der Waals surface area contributed by atoms with E-state index in [-0.39, 0.29) is 17.6 Å². The van der Waals surface area contributed by atoms with Crippen molar-refractivity contribution in [2.24, 2.45) is 0 Å². The summed E-state index contributed by atoms with van der Waals surface area (Å²) in [6.07, 6.45) is 1.53. The number of amides is 2. The number of carbonyl (C=O) groups is 2. The number of hydrogen-bond donors (Lipinski definition) is 1. The van der Waals surface area contributed by atoms with Crippen molar-refractivity contribution in [1.82, 2.24) is 0 Å². The van der Waals surface area contributed by atoms with E-state index < -0.39 is 0 Å². The minimum absolute atomic E-state index is 0.193. The van der Waals surface area contributed by atoms with Gasteiger partial charge in [-0.25, -0.2) is 4.39 Å². The molecule has 0 saturated carbocycles. The molecule has 0 fully saturated rings. The van der Waals surface area contributed by atoms with Crippen LogP contribution >= 0.6 is 23.2 Å². The van der Waals surface area contributed by atoms with Crippen LogP contribution in [0.15, 0.2) is 60.7 Å². The van der Waals surface area contributed by atoms with Crippen molar-refractivity contribution in [3.05, 3.63) is 93.2 Å². The van der Waals surface area contributed by atoms with Crippen LogP contribution in [-0.4, -0.2) is 18.4 Å². The third-order valence-corrected chi connectivity index (χ3v) is 5.52. The van der Waals surface area contributed by atoms with Gasteiger partial charge in [-0.2, -0.15) is 0 Å². The van der Waals surface area contributed by atoms with E-state index >= 15 is 0 Å². The fraction of sp³-hybridized carbons (Fsp3) is 0.130. The predicted octanol–water partition coefficient (Wildman–Crippen LogP) is 5.98. The van der Waals surface area contributed by atoms with Crippen LogP contribution in [0.3, 0.4) is 0 Å². The predicted molar refractivity (Wildman–Crippen MR) is 117 cm³/mol. The quantitative estimate of drug-likeness (QED) is 0.542. The van der Waals surface area contributed by atoms with Gasteiger partial charge < -0.3 is 10.2 Å². The maximum atomic E-state index is 13.2. The molecule has 30 heavy (non-hydrogen) atoms. The van der Waals surface area contributed by atoms with Crippen molar-refractivity contribution >= 4 is 46.4 Å². The third-order valence-electron chi connectivity index (χ3n) is 4.98. The highest BCUT2D eigenvalue weighted by atomic mass is 35.5. The maximum Gasteiger partial charge on any atom is 0.258 e. The average molecular weight is 443 g/mol. The standard InChI is InChI=1S/C23H17Cl2FN2O2/c24-17-6-9-20(19(25)13-17)27-22(29)16-5-10-21-15(12-16)2-1-11-28(21)23(30)14-3-7-18(26)8-4-14/h3-10,12-13H,1-2,11H2,(H,27,29). The Labute approximate surface area is 183 Å². The Bertz CT molecular complexity index is 1130. The molecule has 0 atom stereocenters. The smallest absolute Gasteiger partial charge is 0.258 e. The molecule has 1 aliphatic rings. The molecule has 0 bridgehead atoms. The van der Waals surface area contributed by atoms with E-state index in [1.165, 1.54) is 24.3 Å². The molecule has 1 heterocycles. The van der Waals surface area contributed by atoms with E-state index in [0.29, 0.717) is 33.4 Å². The topological polar surface area (TPSA) is 49.4 Å². The molecule has 1 aliphatic heterocycles. The van der Waals surface area contributed by atoms with E-state index in [2.05, 4.69) is 5.32 Å². The van der Waals surface area contributed by atoms with E-state index in [9.17, 15) is 14.0 Å². The Morgan fingerprint density at radius 1 is 0.933 bits per heavy atom. The molecule has 0 aromatic heterocycles. The first kappa shape index (κ1) is 20.4. The highest BCUT2D eigenvalue weighted by molar-refractivity contribution is 6.36. The van der Waals surface area contributed by atoms with E-state index in [1.54, 1.807) is 41.3 Å². The van der Waals surface area contributed by atoms with Crippen LogP contribution in [0.25, 0.3) is 0 Å². The van der Waals surface area contributed by atoms with Gasteiger partial charge in [0, 0.05) is 28.4 Å². The van der Waals surface area contributed by atoms with Crippen LogP contribution in [-0.2, 0) is 6.42 Å². The molecule has 0 saturated heterocycles. The number of aryl methyl sites for hydroxylation is 1. The second-order valence-electron chi connectivity index (χ2n) is 6.99. The van der Waals surface area contributed by atoms with Gasteiger partial charge in [0.2, 0.25) is 0 Å². The monoisotopic (exact) mass is 442 g/mol. The van der Waals surface area contributed by atoms with Crippen molar-refractivity contribution in [3.63, 3.8) is 0 Å². The van der Waals surface area contributed by atoms with Crippen molar-refractivity contribution in [1.29, 1.82) is 0 Å². The number of fused-ring (bicyclic) bond motifs is 1.